The van der Waals surface area contributed by atoms with Gasteiger partial charge in [-0.25, -0.2) is 4.79 Å². The molecule has 0 aliphatic carbocycles. The van der Waals surface area contributed by atoms with E-state index in [0.717, 1.165) is 32.7 Å². The zero-order chi connectivity index (χ0) is 59.5. The fourth-order valence-electron chi connectivity index (χ4n) is 9.55. The van der Waals surface area contributed by atoms with Crippen molar-refractivity contribution in [1.82, 2.24) is 30.9 Å². The number of alkyl halides is 3. The lowest BCUT2D eigenvalue weighted by Crippen LogP contribution is -2.61. The van der Waals surface area contributed by atoms with E-state index in [1.165, 1.54) is 93.6 Å². The number of anilines is 3. The predicted octanol–water partition coefficient (Wildman–Crippen LogP) is 6.44. The molecule has 9 aromatic rings. The molecule has 3 aromatic heterocycles. The minimum Gasteiger partial charge on any atom is -0.438 e. The van der Waals surface area contributed by atoms with Gasteiger partial charge in [0.15, 0.2) is 22.6 Å². The van der Waals surface area contributed by atoms with Crippen LogP contribution in [0, 0.1) is 0 Å². The molecule has 3 atom stereocenters. The molecule has 9 rings (SSSR count). The zero-order valence-electron chi connectivity index (χ0n) is 44.8. The maximum absolute atomic E-state index is 14.5. The van der Waals surface area contributed by atoms with Gasteiger partial charge in [0, 0.05) is 85.1 Å². The van der Waals surface area contributed by atoms with Crippen molar-refractivity contribution < 1.29 is 51.5 Å². The van der Waals surface area contributed by atoms with Crippen molar-refractivity contribution in [3.05, 3.63) is 198 Å². The van der Waals surface area contributed by atoms with Gasteiger partial charge in [-0.1, -0.05) is 91.0 Å². The highest BCUT2D eigenvalue weighted by Gasteiger charge is 2.49. The van der Waals surface area contributed by atoms with Crippen molar-refractivity contribution in [2.45, 2.75) is 68.8 Å². The van der Waals surface area contributed by atoms with Crippen LogP contribution in [0.25, 0.3) is 32.7 Å². The van der Waals surface area contributed by atoms with Gasteiger partial charge in [-0.3, -0.25) is 28.8 Å². The number of fused-ring (bicyclic) bond motifs is 3. The number of hydrogen-bond donors (Lipinski definition) is 12. The number of H-pyrrole nitrogens is 3. The molecule has 0 saturated heterocycles. The van der Waals surface area contributed by atoms with Crippen LogP contribution < -0.4 is 49.1 Å². The summed E-state index contributed by atoms with van der Waals surface area (Å²) >= 11 is 0. The van der Waals surface area contributed by atoms with E-state index in [4.69, 9.17) is 21.9 Å². The second kappa shape index (κ2) is 22.8. The number of rotatable bonds is 19. The number of carbonyl (C=O) groups is 7. The third kappa shape index (κ3) is 12.8. The molecule has 23 heteroatoms. The van der Waals surface area contributed by atoms with Crippen LogP contribution >= 0.6 is 0 Å². The predicted molar refractivity (Wildman–Crippen MR) is 305 cm³/mol. The van der Waals surface area contributed by atoms with Crippen molar-refractivity contribution >= 4 is 91.2 Å². The standard InChI is InChI=1S/C60H57F3N12O8/c1-56(64,73-49(76)28-34-31-67-46-13-7-4-10-43(34)46)52(79)70-40-22-16-37(17-23-40)59(83-55(82)60(61,62)63,38-18-24-41(25-19-38)71-53(80)57(2,65)74-50(77)29-35-32-68-47-14-8-5-11-44(35)47)39-20-26-42(27-21-39)72-54(81)58(3,66)75-51(78)30-36-33-69-48-15-9-6-12-45(36)48/h4-27,31-33,67-69H,28-30,64-66H2,1-3H3,(H,70,79)(H,71,80)(H,72,81)(H,73,76)(H,74,77)(H,75,78)/t56-,57-,58-/m0/s1. The fraction of sp³-hybridized carbons (Fsp3) is 0.183. The molecule has 0 spiro atoms. The Labute approximate surface area is 471 Å². The number of ether oxygens (including phenoxy) is 1. The first-order chi connectivity index (χ1) is 39.3. The Morgan fingerprint density at radius 2 is 0.687 bits per heavy atom. The van der Waals surface area contributed by atoms with Crippen LogP contribution in [0.2, 0.25) is 0 Å². The molecule has 0 saturated carbocycles. The Morgan fingerprint density at radius 3 is 0.952 bits per heavy atom. The third-order valence-electron chi connectivity index (χ3n) is 13.8. The Bertz CT molecular complexity index is 3560. The van der Waals surface area contributed by atoms with Gasteiger partial charge in [0.05, 0.1) is 19.3 Å². The maximum Gasteiger partial charge on any atom is 0.490 e. The molecule has 6 aromatic carbocycles. The molecule has 3 heterocycles. The first-order valence-electron chi connectivity index (χ1n) is 25.8. The minimum absolute atomic E-state index is 0.0604. The lowest BCUT2D eigenvalue weighted by molar-refractivity contribution is -0.209. The van der Waals surface area contributed by atoms with E-state index < -0.39 is 70.2 Å². The molecular formula is C60H57F3N12O8. The number of aromatic amines is 3. The number of aromatic nitrogens is 3. The molecule has 0 unspecified atom stereocenters. The van der Waals surface area contributed by atoms with Crippen molar-refractivity contribution in [3.63, 3.8) is 0 Å². The van der Waals surface area contributed by atoms with Crippen LogP contribution in [-0.4, -0.2) is 79.5 Å². The lowest BCUT2D eigenvalue weighted by Gasteiger charge is -2.36. The van der Waals surface area contributed by atoms with Crippen LogP contribution in [0.5, 0.6) is 0 Å². The number of carbonyl (C=O) groups excluding carboxylic acids is 7. The van der Waals surface area contributed by atoms with Crippen molar-refractivity contribution in [2.75, 3.05) is 16.0 Å². The molecular weight excluding hydrogens is 1070 g/mol. The Kier molecular flexibility index (Phi) is 15.8. The smallest absolute Gasteiger partial charge is 0.438 e. The van der Waals surface area contributed by atoms with Gasteiger partial charge in [0.1, 0.15) is 0 Å². The third-order valence-corrected chi connectivity index (χ3v) is 13.8. The molecule has 15 N–H and O–H groups in total. The van der Waals surface area contributed by atoms with E-state index in [1.54, 1.807) is 18.6 Å². The minimum atomic E-state index is -5.56. The highest BCUT2D eigenvalue weighted by Crippen LogP contribution is 2.43. The van der Waals surface area contributed by atoms with Gasteiger partial charge in [-0.2, -0.15) is 13.2 Å². The van der Waals surface area contributed by atoms with Crippen molar-refractivity contribution in [3.8, 4) is 0 Å². The number of para-hydroxylation sites is 3. The van der Waals surface area contributed by atoms with E-state index in [-0.39, 0.29) is 53.0 Å². The summed E-state index contributed by atoms with van der Waals surface area (Å²) in [6.45, 7) is 3.82. The van der Waals surface area contributed by atoms with E-state index in [2.05, 4.69) is 46.9 Å². The SMILES string of the molecule is C[C@](N)(NC(=O)Cc1c[nH]c2ccccc12)C(=O)Nc1ccc(C(OC(=O)C(F)(F)F)(c2ccc(NC(=O)[C@@](C)(N)NC(=O)Cc3c[nH]c4ccccc34)cc2)c2ccc(NC(=O)[C@@](C)(N)NC(=O)Cc3c[nH]c4ccccc34)cc2)cc1. The van der Waals surface area contributed by atoms with Gasteiger partial charge in [-0.05, 0) is 92.1 Å². The van der Waals surface area contributed by atoms with Gasteiger partial charge >= 0.3 is 12.1 Å². The molecule has 83 heavy (non-hydrogen) atoms. The highest BCUT2D eigenvalue weighted by molar-refractivity contribution is 6.03. The first-order valence-corrected chi connectivity index (χ1v) is 25.8. The molecule has 0 fully saturated rings. The van der Waals surface area contributed by atoms with Crippen molar-refractivity contribution in [1.29, 1.82) is 0 Å². The summed E-state index contributed by atoms with van der Waals surface area (Å²) in [6.07, 6.45) is -0.888. The number of esters is 1. The number of hydrogen-bond acceptors (Lipinski definition) is 11. The first kappa shape index (κ1) is 57.6. The summed E-state index contributed by atoms with van der Waals surface area (Å²) in [4.78, 5) is 103. The average molecular weight is 1130 g/mol. The zero-order valence-corrected chi connectivity index (χ0v) is 44.8. The van der Waals surface area contributed by atoms with E-state index in [9.17, 15) is 46.7 Å². The molecule has 0 bridgehead atoms. The Hall–Kier alpha value is -10.1. The second-order valence-corrected chi connectivity index (χ2v) is 20.5. The molecule has 0 radical (unpaired) electrons. The quantitative estimate of drug-likeness (QED) is 0.0237. The van der Waals surface area contributed by atoms with Crippen molar-refractivity contribution in [2.24, 2.45) is 17.2 Å². The van der Waals surface area contributed by atoms with E-state index in [0.29, 0.717) is 16.7 Å². The van der Waals surface area contributed by atoms with Crippen LogP contribution in [-0.2, 0) is 63.2 Å². The summed E-state index contributed by atoms with van der Waals surface area (Å²) < 4.78 is 49.2. The normalized spacial score (nSPS) is 13.9. The summed E-state index contributed by atoms with van der Waals surface area (Å²) in [5, 5.41) is 17.8. The van der Waals surface area contributed by atoms with Crippen LogP contribution in [0.1, 0.15) is 54.2 Å². The summed E-state index contributed by atoms with van der Waals surface area (Å²) in [7, 11) is 0. The van der Waals surface area contributed by atoms with Gasteiger partial charge < -0.3 is 68.8 Å². The molecule has 20 nitrogen and oxygen atoms in total. The summed E-state index contributed by atoms with van der Waals surface area (Å²) in [5.74, 6) is -6.93. The molecule has 0 aliphatic heterocycles. The van der Waals surface area contributed by atoms with Crippen LogP contribution in [0.15, 0.2) is 164 Å². The van der Waals surface area contributed by atoms with Crippen LogP contribution in [0.4, 0.5) is 30.2 Å². The molecule has 0 aliphatic rings. The van der Waals surface area contributed by atoms with E-state index in [1.807, 2.05) is 72.8 Å². The monoisotopic (exact) mass is 1130 g/mol. The highest BCUT2D eigenvalue weighted by atomic mass is 19.4. The Morgan fingerprint density at radius 1 is 0.422 bits per heavy atom. The van der Waals surface area contributed by atoms with Gasteiger partial charge in [0.2, 0.25) is 17.7 Å². The topological polar surface area (TPSA) is 326 Å². The number of nitrogens with one attached hydrogen (secondary N) is 9. The maximum atomic E-state index is 14.5. The summed E-state index contributed by atoms with van der Waals surface area (Å²) in [5.41, 5.74) is 14.8. The fourth-order valence-corrected chi connectivity index (χ4v) is 9.55. The number of amides is 6. The van der Waals surface area contributed by atoms with Crippen LogP contribution in [0.3, 0.4) is 0 Å². The molecule has 426 valence electrons. The Balaban J connectivity index is 0.984. The largest absolute Gasteiger partial charge is 0.490 e. The lowest BCUT2D eigenvalue weighted by atomic mass is 9.79. The number of halogens is 3. The molecule has 6 amide bonds. The summed E-state index contributed by atoms with van der Waals surface area (Å²) in [6, 6.07) is 37.5. The van der Waals surface area contributed by atoms with E-state index >= 15 is 0 Å². The van der Waals surface area contributed by atoms with Gasteiger partial charge in [0.25, 0.3) is 17.7 Å². The van der Waals surface area contributed by atoms with Gasteiger partial charge in [-0.15, -0.1) is 0 Å². The average Bonchev–Trinajstić information content (AvgIpc) is 2.98. The number of benzene rings is 6. The second-order valence-electron chi connectivity index (χ2n) is 20.5. The number of nitrogens with two attached hydrogens (primary N) is 3.